The first-order valence-electron chi connectivity index (χ1n) is 9.68. The van der Waals surface area contributed by atoms with Gasteiger partial charge in [-0.2, -0.15) is 10.2 Å². The Morgan fingerprint density at radius 3 is 2.33 bits per heavy atom. The van der Waals surface area contributed by atoms with E-state index < -0.39 is 0 Å². The fourth-order valence-electron chi connectivity index (χ4n) is 3.18. The quantitative estimate of drug-likeness (QED) is 0.477. The van der Waals surface area contributed by atoms with Crippen molar-refractivity contribution >= 4 is 17.5 Å². The largest absolute Gasteiger partial charge is 0.355 e. The topological polar surface area (TPSA) is 64.8 Å². The van der Waals surface area contributed by atoms with Crippen molar-refractivity contribution in [2.75, 3.05) is 17.3 Å². The maximum absolute atomic E-state index is 9.16. The molecule has 4 rings (SSSR count). The highest BCUT2D eigenvalue weighted by atomic mass is 15.2. The lowest BCUT2D eigenvalue weighted by atomic mass is 10.1. The van der Waals surface area contributed by atoms with Crippen LogP contribution in [0, 0.1) is 11.3 Å². The summed E-state index contributed by atoms with van der Waals surface area (Å²) in [5, 5.41) is 12.4. The van der Waals surface area contributed by atoms with Crippen molar-refractivity contribution in [1.29, 1.82) is 5.26 Å². The minimum absolute atomic E-state index is 0.487. The molecular formula is C25H21N5. The molecular weight excluding hydrogens is 370 g/mol. The van der Waals surface area contributed by atoms with Crippen molar-refractivity contribution in [3.63, 3.8) is 0 Å². The number of benzene rings is 3. The molecule has 0 amide bonds. The summed E-state index contributed by atoms with van der Waals surface area (Å²) >= 11 is 0. The van der Waals surface area contributed by atoms with Gasteiger partial charge in [0.05, 0.1) is 17.3 Å². The summed E-state index contributed by atoms with van der Waals surface area (Å²) in [4.78, 5) is 11.5. The number of hydrogen-bond acceptors (Lipinski definition) is 5. The van der Waals surface area contributed by atoms with E-state index in [9.17, 15) is 0 Å². The second-order valence-corrected chi connectivity index (χ2v) is 6.96. The molecule has 30 heavy (non-hydrogen) atoms. The fraction of sp³-hybridized carbons (Fsp3) is 0.0800. The van der Waals surface area contributed by atoms with Crippen LogP contribution in [-0.4, -0.2) is 17.0 Å². The van der Waals surface area contributed by atoms with E-state index >= 15 is 0 Å². The number of anilines is 3. The molecule has 4 aromatic rings. The van der Waals surface area contributed by atoms with E-state index in [1.54, 1.807) is 12.1 Å². The average Bonchev–Trinajstić information content (AvgIpc) is 2.80. The molecule has 0 aliphatic rings. The zero-order valence-electron chi connectivity index (χ0n) is 16.7. The first-order chi connectivity index (χ1) is 14.7. The summed E-state index contributed by atoms with van der Waals surface area (Å²) in [6, 6.07) is 31.8. The van der Waals surface area contributed by atoms with Crippen molar-refractivity contribution in [1.82, 2.24) is 9.97 Å². The van der Waals surface area contributed by atoms with Gasteiger partial charge in [0.15, 0.2) is 0 Å². The van der Waals surface area contributed by atoms with E-state index in [-0.39, 0.29) is 0 Å². The Morgan fingerprint density at radius 2 is 1.60 bits per heavy atom. The molecule has 1 heterocycles. The highest BCUT2D eigenvalue weighted by Gasteiger charge is 2.11. The molecule has 0 aliphatic carbocycles. The minimum atomic E-state index is 0.487. The van der Waals surface area contributed by atoms with Crippen LogP contribution >= 0.6 is 0 Å². The molecule has 0 aliphatic heterocycles. The number of rotatable bonds is 6. The number of aromatic nitrogens is 2. The third-order valence-corrected chi connectivity index (χ3v) is 4.68. The normalized spacial score (nSPS) is 10.3. The highest BCUT2D eigenvalue weighted by molar-refractivity contribution is 5.67. The van der Waals surface area contributed by atoms with Gasteiger partial charge < -0.3 is 10.2 Å². The molecule has 0 atom stereocenters. The standard InChI is InChI=1S/C25H21N5/c1-30(18-19-9-4-2-5-10-19)24-16-23(21-12-6-3-7-13-21)28-25(29-24)27-22-14-8-11-20(15-22)17-26/h2-16H,18H2,1H3,(H,27,28,29). The number of nitrogens with zero attached hydrogens (tertiary/aromatic N) is 4. The van der Waals surface area contributed by atoms with Gasteiger partial charge in [0.2, 0.25) is 5.95 Å². The van der Waals surface area contributed by atoms with E-state index in [4.69, 9.17) is 15.2 Å². The Hall–Kier alpha value is -4.17. The predicted octanol–water partition coefficient (Wildman–Crippen LogP) is 5.40. The molecule has 0 saturated carbocycles. The molecule has 0 radical (unpaired) electrons. The molecule has 5 nitrogen and oxygen atoms in total. The van der Waals surface area contributed by atoms with Crippen LogP contribution in [0.1, 0.15) is 11.1 Å². The van der Waals surface area contributed by atoms with Gasteiger partial charge in [-0.15, -0.1) is 0 Å². The van der Waals surface area contributed by atoms with E-state index in [1.807, 2.05) is 73.8 Å². The lowest BCUT2D eigenvalue weighted by Crippen LogP contribution is -2.18. The van der Waals surface area contributed by atoms with Gasteiger partial charge in [-0.05, 0) is 23.8 Å². The third-order valence-electron chi connectivity index (χ3n) is 4.68. The van der Waals surface area contributed by atoms with Crippen LogP contribution in [0.25, 0.3) is 11.3 Å². The number of nitriles is 1. The Kier molecular flexibility index (Phi) is 5.68. The van der Waals surface area contributed by atoms with E-state index in [0.717, 1.165) is 29.3 Å². The summed E-state index contributed by atoms with van der Waals surface area (Å²) in [6.45, 7) is 0.732. The predicted molar refractivity (Wildman–Crippen MR) is 120 cm³/mol. The molecule has 0 saturated heterocycles. The second kappa shape index (κ2) is 8.89. The van der Waals surface area contributed by atoms with Gasteiger partial charge in [0, 0.05) is 30.9 Å². The van der Waals surface area contributed by atoms with E-state index in [2.05, 4.69) is 28.4 Å². The van der Waals surface area contributed by atoms with E-state index in [0.29, 0.717) is 11.5 Å². The summed E-state index contributed by atoms with van der Waals surface area (Å²) in [5.74, 6) is 1.30. The maximum atomic E-state index is 9.16. The Bertz CT molecular complexity index is 1170. The highest BCUT2D eigenvalue weighted by Crippen LogP contribution is 2.25. The Morgan fingerprint density at radius 1 is 0.867 bits per heavy atom. The zero-order valence-corrected chi connectivity index (χ0v) is 16.7. The van der Waals surface area contributed by atoms with Crippen molar-refractivity contribution in [2.24, 2.45) is 0 Å². The van der Waals surface area contributed by atoms with Gasteiger partial charge in [0.1, 0.15) is 5.82 Å². The molecule has 5 heteroatoms. The first kappa shape index (κ1) is 19.2. The summed E-state index contributed by atoms with van der Waals surface area (Å²) in [5.41, 5.74) is 4.41. The van der Waals surface area contributed by atoms with Gasteiger partial charge in [-0.25, -0.2) is 4.98 Å². The molecule has 0 unspecified atom stereocenters. The molecule has 0 spiro atoms. The Labute approximate surface area is 176 Å². The van der Waals surface area contributed by atoms with Crippen molar-refractivity contribution < 1.29 is 0 Å². The number of nitrogens with one attached hydrogen (secondary N) is 1. The van der Waals surface area contributed by atoms with Crippen LogP contribution in [0.2, 0.25) is 0 Å². The summed E-state index contributed by atoms with van der Waals surface area (Å²) < 4.78 is 0. The van der Waals surface area contributed by atoms with Gasteiger partial charge >= 0.3 is 0 Å². The van der Waals surface area contributed by atoms with Gasteiger partial charge in [-0.3, -0.25) is 0 Å². The summed E-state index contributed by atoms with van der Waals surface area (Å²) in [6.07, 6.45) is 0. The minimum Gasteiger partial charge on any atom is -0.355 e. The second-order valence-electron chi connectivity index (χ2n) is 6.96. The first-order valence-corrected chi connectivity index (χ1v) is 9.68. The molecule has 1 aromatic heterocycles. The van der Waals surface area contributed by atoms with Crippen molar-refractivity contribution in [3.8, 4) is 17.3 Å². The van der Waals surface area contributed by atoms with E-state index in [1.165, 1.54) is 5.56 Å². The molecule has 0 fully saturated rings. The molecule has 3 aromatic carbocycles. The lowest BCUT2D eigenvalue weighted by molar-refractivity contribution is 0.893. The smallest absolute Gasteiger partial charge is 0.229 e. The van der Waals surface area contributed by atoms with Crippen LogP contribution in [0.4, 0.5) is 17.5 Å². The van der Waals surface area contributed by atoms with Crippen LogP contribution in [0.15, 0.2) is 91.0 Å². The molecule has 0 bridgehead atoms. The molecule has 1 N–H and O–H groups in total. The summed E-state index contributed by atoms with van der Waals surface area (Å²) in [7, 11) is 2.02. The average molecular weight is 391 g/mol. The van der Waals surface area contributed by atoms with Gasteiger partial charge in [0.25, 0.3) is 0 Å². The zero-order chi connectivity index (χ0) is 20.8. The maximum Gasteiger partial charge on any atom is 0.229 e. The van der Waals surface area contributed by atoms with Crippen LogP contribution in [0.5, 0.6) is 0 Å². The third kappa shape index (κ3) is 4.62. The van der Waals surface area contributed by atoms with Gasteiger partial charge in [-0.1, -0.05) is 66.7 Å². The Balaban J connectivity index is 1.70. The van der Waals surface area contributed by atoms with Crippen LogP contribution in [0.3, 0.4) is 0 Å². The van der Waals surface area contributed by atoms with Crippen LogP contribution in [-0.2, 0) is 6.54 Å². The number of hydrogen-bond donors (Lipinski definition) is 1. The van der Waals surface area contributed by atoms with Crippen LogP contribution < -0.4 is 10.2 Å². The SMILES string of the molecule is CN(Cc1ccccc1)c1cc(-c2ccccc2)nc(Nc2cccc(C#N)c2)n1. The molecule has 146 valence electrons. The fourth-order valence-corrected chi connectivity index (χ4v) is 3.18. The van der Waals surface area contributed by atoms with Crippen molar-refractivity contribution in [2.45, 2.75) is 6.54 Å². The van der Waals surface area contributed by atoms with Crippen molar-refractivity contribution in [3.05, 3.63) is 102 Å². The lowest BCUT2D eigenvalue weighted by Gasteiger charge is -2.20. The monoisotopic (exact) mass is 391 g/mol.